The summed E-state index contributed by atoms with van der Waals surface area (Å²) in [6, 6.07) is 6.26. The van der Waals surface area contributed by atoms with Crippen LogP contribution in [0.15, 0.2) is 34.5 Å². The topological polar surface area (TPSA) is 105 Å². The Kier molecular flexibility index (Phi) is 3.83. The average molecular weight is 329 g/mol. The summed E-state index contributed by atoms with van der Waals surface area (Å²) >= 11 is 0. The first kappa shape index (κ1) is 16.4. The number of Topliss-reactive ketones (excluding diaryl/α,β-unsaturated/α-hetero) is 1. The highest BCUT2D eigenvalue weighted by atomic mass is 16.6. The monoisotopic (exact) mass is 329 g/mol. The lowest BCUT2D eigenvalue weighted by Crippen LogP contribution is -2.53. The predicted octanol–water partition coefficient (Wildman–Crippen LogP) is 2.49. The molecule has 2 aliphatic rings. The van der Waals surface area contributed by atoms with Crippen LogP contribution in [0.1, 0.15) is 38.7 Å². The quantitative estimate of drug-likeness (QED) is 0.679. The SMILES string of the molecule is CC(=O)[C@H]1[C@H](c2cccc([N+](=O)[O-])c2)[C@H]2C(C)=NN=C2C[C@]1(C)O. The lowest BCUT2D eigenvalue weighted by atomic mass is 9.59. The number of non-ortho nitro benzene ring substituents is 1. The number of benzene rings is 1. The predicted molar refractivity (Wildman–Crippen MR) is 89.3 cm³/mol. The van der Waals surface area contributed by atoms with Crippen molar-refractivity contribution in [3.05, 3.63) is 39.9 Å². The van der Waals surface area contributed by atoms with E-state index in [-0.39, 0.29) is 23.8 Å². The second-order valence-electron chi connectivity index (χ2n) is 6.81. The van der Waals surface area contributed by atoms with Crippen molar-refractivity contribution in [1.82, 2.24) is 0 Å². The molecule has 1 heterocycles. The van der Waals surface area contributed by atoms with Gasteiger partial charge in [0, 0.05) is 36.1 Å². The van der Waals surface area contributed by atoms with E-state index in [2.05, 4.69) is 10.2 Å². The van der Waals surface area contributed by atoms with Crippen LogP contribution < -0.4 is 0 Å². The molecule has 126 valence electrons. The molecule has 0 saturated heterocycles. The Morgan fingerprint density at radius 1 is 1.42 bits per heavy atom. The summed E-state index contributed by atoms with van der Waals surface area (Å²) < 4.78 is 0. The summed E-state index contributed by atoms with van der Waals surface area (Å²) in [5, 5.41) is 30.3. The molecule has 0 spiro atoms. The summed E-state index contributed by atoms with van der Waals surface area (Å²) in [6.07, 6.45) is 0.272. The van der Waals surface area contributed by atoms with Crippen LogP contribution in [0.25, 0.3) is 0 Å². The normalized spacial score (nSPS) is 31.9. The third kappa shape index (κ3) is 2.54. The van der Waals surface area contributed by atoms with Crippen LogP contribution in [0.3, 0.4) is 0 Å². The summed E-state index contributed by atoms with van der Waals surface area (Å²) in [4.78, 5) is 23.0. The fraction of sp³-hybridized carbons (Fsp3) is 0.471. The Bertz CT molecular complexity index is 782. The second-order valence-corrected chi connectivity index (χ2v) is 6.81. The summed E-state index contributed by atoms with van der Waals surface area (Å²) in [5.74, 6) is -1.45. The van der Waals surface area contributed by atoms with Crippen LogP contribution in [0.2, 0.25) is 0 Å². The number of rotatable bonds is 3. The molecule has 3 rings (SSSR count). The van der Waals surface area contributed by atoms with Gasteiger partial charge in [-0.15, -0.1) is 0 Å². The molecule has 1 aromatic carbocycles. The van der Waals surface area contributed by atoms with Crippen LogP contribution in [-0.2, 0) is 4.79 Å². The zero-order valence-corrected chi connectivity index (χ0v) is 13.8. The molecule has 1 N–H and O–H groups in total. The maximum absolute atomic E-state index is 12.3. The number of nitrogens with zero attached hydrogens (tertiary/aromatic N) is 3. The van der Waals surface area contributed by atoms with E-state index >= 15 is 0 Å². The molecule has 1 aromatic rings. The van der Waals surface area contributed by atoms with Crippen LogP contribution in [0.5, 0.6) is 0 Å². The number of aliphatic hydroxyl groups is 1. The van der Waals surface area contributed by atoms with Crippen LogP contribution in [0.4, 0.5) is 5.69 Å². The average Bonchev–Trinajstić information content (AvgIpc) is 2.85. The molecule has 4 atom stereocenters. The lowest BCUT2D eigenvalue weighted by Gasteiger charge is -2.45. The van der Waals surface area contributed by atoms with Crippen molar-refractivity contribution in [2.24, 2.45) is 22.0 Å². The highest BCUT2D eigenvalue weighted by Crippen LogP contribution is 2.48. The molecule has 0 aromatic heterocycles. The lowest BCUT2D eigenvalue weighted by molar-refractivity contribution is -0.385. The Labute approximate surface area is 139 Å². The highest BCUT2D eigenvalue weighted by Gasteiger charge is 2.53. The standard InChI is InChI=1S/C17H19N3O4/c1-9-14-13(19-18-9)8-17(3,22)16(10(2)21)15(14)11-5-4-6-12(7-11)20(23)24/h4-7,14-16,22H,8H2,1-3H3/t14-,15+,16-,17-/m0/s1. The Balaban J connectivity index is 2.17. The van der Waals surface area contributed by atoms with Gasteiger partial charge in [0.2, 0.25) is 0 Å². The summed E-state index contributed by atoms with van der Waals surface area (Å²) in [5.41, 5.74) is 0.843. The van der Waals surface area contributed by atoms with Crippen molar-refractivity contribution < 1.29 is 14.8 Å². The fourth-order valence-corrected chi connectivity index (χ4v) is 4.10. The minimum absolute atomic E-state index is 0.0360. The van der Waals surface area contributed by atoms with E-state index in [4.69, 9.17) is 0 Å². The van der Waals surface area contributed by atoms with Crippen molar-refractivity contribution in [2.45, 2.75) is 38.7 Å². The molecule has 0 unspecified atom stereocenters. The Morgan fingerprint density at radius 2 is 2.12 bits per heavy atom. The Morgan fingerprint density at radius 3 is 2.75 bits per heavy atom. The van der Waals surface area contributed by atoms with Crippen LogP contribution >= 0.6 is 0 Å². The number of nitro benzene ring substituents is 1. The van der Waals surface area contributed by atoms with Gasteiger partial charge in [0.15, 0.2) is 0 Å². The Hall–Kier alpha value is -2.41. The van der Waals surface area contributed by atoms with Gasteiger partial charge >= 0.3 is 0 Å². The molecule has 0 radical (unpaired) electrons. The van der Waals surface area contributed by atoms with E-state index < -0.39 is 22.4 Å². The zero-order chi connectivity index (χ0) is 17.6. The van der Waals surface area contributed by atoms with E-state index in [1.807, 2.05) is 6.92 Å². The van der Waals surface area contributed by atoms with Gasteiger partial charge in [-0.25, -0.2) is 0 Å². The largest absolute Gasteiger partial charge is 0.389 e. The highest BCUT2D eigenvalue weighted by molar-refractivity contribution is 6.12. The third-order valence-electron chi connectivity index (χ3n) is 4.98. The van der Waals surface area contributed by atoms with Gasteiger partial charge in [-0.3, -0.25) is 14.9 Å². The molecule has 1 fully saturated rings. The molecular formula is C17H19N3O4. The third-order valence-corrected chi connectivity index (χ3v) is 4.98. The van der Waals surface area contributed by atoms with Crippen molar-refractivity contribution in [2.75, 3.05) is 0 Å². The van der Waals surface area contributed by atoms with E-state index in [1.165, 1.54) is 19.1 Å². The van der Waals surface area contributed by atoms with Gasteiger partial charge in [0.25, 0.3) is 5.69 Å². The van der Waals surface area contributed by atoms with Gasteiger partial charge in [0.1, 0.15) is 5.78 Å². The number of fused-ring (bicyclic) bond motifs is 1. The van der Waals surface area contributed by atoms with Crippen molar-refractivity contribution >= 4 is 22.9 Å². The first-order valence-electron chi connectivity index (χ1n) is 7.80. The molecule has 7 nitrogen and oxygen atoms in total. The molecule has 1 aliphatic heterocycles. The van der Waals surface area contributed by atoms with Gasteiger partial charge in [-0.05, 0) is 26.3 Å². The summed E-state index contributed by atoms with van der Waals surface area (Å²) in [6.45, 7) is 4.91. The van der Waals surface area contributed by atoms with Gasteiger partial charge in [0.05, 0.1) is 22.2 Å². The minimum atomic E-state index is -1.27. The molecule has 0 amide bonds. The van der Waals surface area contributed by atoms with Crippen LogP contribution in [-0.4, -0.2) is 32.8 Å². The van der Waals surface area contributed by atoms with E-state index in [0.29, 0.717) is 5.56 Å². The summed E-state index contributed by atoms with van der Waals surface area (Å²) in [7, 11) is 0. The molecule has 7 heteroatoms. The second kappa shape index (κ2) is 5.59. The fourth-order valence-electron chi connectivity index (χ4n) is 4.10. The van der Waals surface area contributed by atoms with E-state index in [9.17, 15) is 20.0 Å². The first-order chi connectivity index (χ1) is 11.2. The number of carbonyl (C=O) groups is 1. The van der Waals surface area contributed by atoms with E-state index in [1.54, 1.807) is 19.1 Å². The zero-order valence-electron chi connectivity index (χ0n) is 13.8. The first-order valence-corrected chi connectivity index (χ1v) is 7.80. The molecular weight excluding hydrogens is 310 g/mol. The molecule has 1 aliphatic carbocycles. The van der Waals surface area contributed by atoms with E-state index in [0.717, 1.165) is 11.4 Å². The smallest absolute Gasteiger partial charge is 0.269 e. The van der Waals surface area contributed by atoms with Crippen molar-refractivity contribution in [3.8, 4) is 0 Å². The molecule has 0 bridgehead atoms. The maximum atomic E-state index is 12.3. The van der Waals surface area contributed by atoms with Gasteiger partial charge < -0.3 is 5.11 Å². The number of nitro groups is 1. The van der Waals surface area contributed by atoms with Crippen LogP contribution in [0, 0.1) is 22.0 Å². The number of hydrogen-bond acceptors (Lipinski definition) is 6. The minimum Gasteiger partial charge on any atom is -0.389 e. The van der Waals surface area contributed by atoms with Crippen molar-refractivity contribution in [1.29, 1.82) is 0 Å². The van der Waals surface area contributed by atoms with Crippen molar-refractivity contribution in [3.63, 3.8) is 0 Å². The van der Waals surface area contributed by atoms with Gasteiger partial charge in [-0.2, -0.15) is 10.2 Å². The maximum Gasteiger partial charge on any atom is 0.269 e. The number of carbonyl (C=O) groups excluding carboxylic acids is 1. The molecule has 1 saturated carbocycles. The number of hydrogen-bond donors (Lipinski definition) is 1. The number of ketones is 1. The van der Waals surface area contributed by atoms with Gasteiger partial charge in [-0.1, -0.05) is 12.1 Å². The molecule has 24 heavy (non-hydrogen) atoms.